The Morgan fingerprint density at radius 3 is 1.67 bits per heavy atom. The van der Waals surface area contributed by atoms with Crippen LogP contribution in [-0.4, -0.2) is 4.57 Å². The second-order valence-electron chi connectivity index (χ2n) is 15.5. The molecule has 3 aliphatic rings. The third-order valence-electron chi connectivity index (χ3n) is 12.4. The van der Waals surface area contributed by atoms with Crippen molar-refractivity contribution in [3.63, 3.8) is 0 Å². The van der Waals surface area contributed by atoms with Crippen LogP contribution < -0.4 is 4.90 Å². The molecule has 1 aromatic heterocycles. The van der Waals surface area contributed by atoms with Gasteiger partial charge in [0.2, 0.25) is 0 Å². The fraction of sp³-hybridized carbons (Fsp3) is 0.348. The summed E-state index contributed by atoms with van der Waals surface area (Å²) in [6.45, 7) is 4.83. The van der Waals surface area contributed by atoms with Crippen LogP contribution in [0.4, 0.5) is 17.1 Å². The molecule has 0 aliphatic heterocycles. The number of fused-ring (bicyclic) bond motifs is 6. The van der Waals surface area contributed by atoms with Crippen molar-refractivity contribution in [2.24, 2.45) is 7.05 Å². The molecule has 2 saturated carbocycles. The van der Waals surface area contributed by atoms with Crippen LogP contribution in [-0.2, 0) is 12.5 Å². The topological polar surface area (TPSA) is 8.17 Å². The van der Waals surface area contributed by atoms with Crippen LogP contribution in [0.1, 0.15) is 112 Å². The van der Waals surface area contributed by atoms with Crippen molar-refractivity contribution in [1.29, 1.82) is 0 Å². The van der Waals surface area contributed by atoms with Crippen LogP contribution in [0.15, 0.2) is 103 Å². The third kappa shape index (κ3) is 4.82. The lowest BCUT2D eigenvalue weighted by atomic mass is 9.82. The van der Waals surface area contributed by atoms with E-state index in [1.807, 2.05) is 0 Å². The number of rotatable bonds is 5. The fourth-order valence-electron chi connectivity index (χ4n) is 9.62. The van der Waals surface area contributed by atoms with Crippen molar-refractivity contribution in [2.75, 3.05) is 4.90 Å². The van der Waals surface area contributed by atoms with Crippen molar-refractivity contribution >= 4 is 38.9 Å². The van der Waals surface area contributed by atoms with E-state index in [2.05, 4.69) is 133 Å². The first-order valence-corrected chi connectivity index (χ1v) is 18.6. The molecule has 2 fully saturated rings. The average molecular weight is 629 g/mol. The van der Waals surface area contributed by atoms with E-state index in [1.54, 1.807) is 0 Å². The first-order valence-electron chi connectivity index (χ1n) is 18.6. The molecular weight excluding hydrogens is 581 g/mol. The molecule has 0 unspecified atom stereocenters. The highest BCUT2D eigenvalue weighted by molar-refractivity contribution is 6.10. The van der Waals surface area contributed by atoms with E-state index in [1.165, 1.54) is 136 Å². The minimum atomic E-state index is -0.104. The summed E-state index contributed by atoms with van der Waals surface area (Å²) in [5.74, 6) is 1.42. The molecule has 0 spiro atoms. The molecule has 242 valence electrons. The predicted octanol–water partition coefficient (Wildman–Crippen LogP) is 13.2. The van der Waals surface area contributed by atoms with Gasteiger partial charge in [0.1, 0.15) is 0 Å². The maximum Gasteiger partial charge on any atom is 0.0492 e. The Hall–Kier alpha value is -4.30. The fourth-order valence-corrected chi connectivity index (χ4v) is 9.62. The van der Waals surface area contributed by atoms with Crippen LogP contribution in [0.3, 0.4) is 0 Å². The van der Waals surface area contributed by atoms with Crippen LogP contribution in [0, 0.1) is 0 Å². The molecule has 0 bridgehead atoms. The van der Waals surface area contributed by atoms with Gasteiger partial charge in [-0.15, -0.1) is 0 Å². The number of aromatic nitrogens is 1. The van der Waals surface area contributed by atoms with E-state index >= 15 is 0 Å². The van der Waals surface area contributed by atoms with Crippen molar-refractivity contribution in [2.45, 2.75) is 95.3 Å². The second-order valence-corrected chi connectivity index (χ2v) is 15.5. The molecule has 0 N–H and O–H groups in total. The molecule has 48 heavy (non-hydrogen) atoms. The average Bonchev–Trinajstić information content (AvgIpc) is 3.55. The number of nitrogens with zero attached hydrogens (tertiary/aromatic N) is 2. The van der Waals surface area contributed by atoms with Gasteiger partial charge in [0, 0.05) is 51.3 Å². The van der Waals surface area contributed by atoms with Gasteiger partial charge in [-0.3, -0.25) is 0 Å². The summed E-state index contributed by atoms with van der Waals surface area (Å²) in [5, 5.41) is 2.68. The quantitative estimate of drug-likeness (QED) is 0.184. The van der Waals surface area contributed by atoms with Crippen molar-refractivity contribution in [1.82, 2.24) is 4.57 Å². The Labute approximate surface area is 286 Å². The van der Waals surface area contributed by atoms with Gasteiger partial charge < -0.3 is 9.47 Å². The van der Waals surface area contributed by atoms with Crippen LogP contribution in [0.25, 0.3) is 32.9 Å². The summed E-state index contributed by atoms with van der Waals surface area (Å²) < 4.78 is 2.37. The van der Waals surface area contributed by atoms with Gasteiger partial charge in [0.25, 0.3) is 0 Å². The lowest BCUT2D eigenvalue weighted by Gasteiger charge is -2.29. The zero-order chi connectivity index (χ0) is 32.4. The van der Waals surface area contributed by atoms with E-state index in [0.717, 1.165) is 0 Å². The van der Waals surface area contributed by atoms with E-state index < -0.39 is 0 Å². The summed E-state index contributed by atoms with van der Waals surface area (Å²) >= 11 is 0. The van der Waals surface area contributed by atoms with Crippen LogP contribution in [0.2, 0.25) is 0 Å². The molecule has 3 aliphatic carbocycles. The van der Waals surface area contributed by atoms with E-state index in [4.69, 9.17) is 0 Å². The zero-order valence-corrected chi connectivity index (χ0v) is 28.9. The summed E-state index contributed by atoms with van der Waals surface area (Å²) in [6.07, 6.45) is 13.6. The van der Waals surface area contributed by atoms with Gasteiger partial charge >= 0.3 is 0 Å². The molecule has 6 aromatic rings. The monoisotopic (exact) mass is 628 g/mol. The summed E-state index contributed by atoms with van der Waals surface area (Å²) in [7, 11) is 2.21. The molecule has 0 atom stereocenters. The van der Waals surface area contributed by atoms with Crippen LogP contribution in [0.5, 0.6) is 0 Å². The van der Waals surface area contributed by atoms with Gasteiger partial charge in [-0.25, -0.2) is 0 Å². The van der Waals surface area contributed by atoms with E-state index in [9.17, 15) is 0 Å². The molecule has 0 saturated heterocycles. The summed E-state index contributed by atoms with van der Waals surface area (Å²) in [6, 6.07) is 40.2. The largest absolute Gasteiger partial charge is 0.344 e. The van der Waals surface area contributed by atoms with E-state index in [-0.39, 0.29) is 5.41 Å². The lowest BCUT2D eigenvalue weighted by molar-refractivity contribution is 0.443. The molecule has 2 heteroatoms. The Kier molecular flexibility index (Phi) is 7.26. The second kappa shape index (κ2) is 11.7. The number of benzene rings is 5. The SMILES string of the molecule is Cn1c2ccccc2c2cc3c(cc21)C(C)(C)c1cc(N(c2ccc(C4CCCCC4)cc2)c2ccc(C4CCCCC4)cc2)ccc1-3. The predicted molar refractivity (Wildman–Crippen MR) is 204 cm³/mol. The summed E-state index contributed by atoms with van der Waals surface area (Å²) in [4.78, 5) is 2.50. The van der Waals surface area contributed by atoms with Crippen LogP contribution >= 0.6 is 0 Å². The molecule has 5 aromatic carbocycles. The maximum absolute atomic E-state index is 2.50. The standard InChI is InChI=1S/C46H48N2/c1-46(2)42-28-37(26-27-38(42)40-29-41-39-16-10-11-17-44(39)47(3)45(41)30-43(40)46)48(35-22-18-33(19-23-35)31-12-6-4-7-13-31)36-24-20-34(21-25-36)32-14-8-5-9-15-32/h10-11,16-32H,4-9,12-15H2,1-3H3. The number of anilines is 3. The first-order chi connectivity index (χ1) is 23.5. The normalized spacial score (nSPS) is 17.9. The summed E-state index contributed by atoms with van der Waals surface area (Å²) in [5.41, 5.74) is 14.8. The maximum atomic E-state index is 2.50. The lowest BCUT2D eigenvalue weighted by Crippen LogP contribution is -2.17. The highest BCUT2D eigenvalue weighted by atomic mass is 15.1. The Morgan fingerprint density at radius 1 is 0.521 bits per heavy atom. The third-order valence-corrected chi connectivity index (χ3v) is 12.4. The van der Waals surface area contributed by atoms with Gasteiger partial charge in [-0.1, -0.05) is 101 Å². The Balaban J connectivity index is 1.14. The van der Waals surface area contributed by atoms with Gasteiger partial charge in [-0.05, 0) is 125 Å². The van der Waals surface area contributed by atoms with Gasteiger partial charge in [-0.2, -0.15) is 0 Å². The Bertz CT molecular complexity index is 2060. The van der Waals surface area contributed by atoms with Gasteiger partial charge in [0.05, 0.1) is 0 Å². The molecule has 2 nitrogen and oxygen atoms in total. The molecule has 1 heterocycles. The molecule has 0 amide bonds. The zero-order valence-electron chi connectivity index (χ0n) is 28.9. The Morgan fingerprint density at radius 2 is 1.06 bits per heavy atom. The van der Waals surface area contributed by atoms with E-state index in [0.29, 0.717) is 11.8 Å². The smallest absolute Gasteiger partial charge is 0.0492 e. The minimum absolute atomic E-state index is 0.104. The minimum Gasteiger partial charge on any atom is -0.344 e. The number of hydrogen-bond acceptors (Lipinski definition) is 1. The number of aryl methyl sites for hydroxylation is 1. The van der Waals surface area contributed by atoms with Gasteiger partial charge in [0.15, 0.2) is 0 Å². The van der Waals surface area contributed by atoms with Crippen molar-refractivity contribution in [3.8, 4) is 11.1 Å². The number of hydrogen-bond donors (Lipinski definition) is 0. The van der Waals surface area contributed by atoms with Crippen molar-refractivity contribution < 1.29 is 0 Å². The molecular formula is C46H48N2. The highest BCUT2D eigenvalue weighted by Crippen LogP contribution is 2.52. The first kappa shape index (κ1) is 29.8. The highest BCUT2D eigenvalue weighted by Gasteiger charge is 2.37. The number of para-hydroxylation sites is 1. The molecule has 0 radical (unpaired) electrons. The van der Waals surface area contributed by atoms with Crippen molar-refractivity contribution in [3.05, 3.63) is 125 Å². The molecule has 9 rings (SSSR count).